The molecule has 1 N–H and O–H groups in total. The quantitative estimate of drug-likeness (QED) is 0.566. The van der Waals surface area contributed by atoms with Crippen molar-refractivity contribution in [1.82, 2.24) is 14.8 Å². The van der Waals surface area contributed by atoms with Crippen molar-refractivity contribution in [2.75, 3.05) is 26.2 Å². The molecule has 1 aromatic heterocycles. The van der Waals surface area contributed by atoms with E-state index < -0.39 is 0 Å². The topological polar surface area (TPSA) is 65.4 Å². The van der Waals surface area contributed by atoms with Gasteiger partial charge in [-0.1, -0.05) is 30.3 Å². The summed E-state index contributed by atoms with van der Waals surface area (Å²) in [6.45, 7) is 5.91. The van der Waals surface area contributed by atoms with E-state index >= 15 is 0 Å². The molecule has 0 unspecified atom stereocenters. The Morgan fingerprint density at radius 1 is 0.962 bits per heavy atom. The number of nitro groups is 1. The molecule has 1 aliphatic heterocycles. The van der Waals surface area contributed by atoms with Crippen molar-refractivity contribution in [3.63, 3.8) is 0 Å². The number of nitrogens with zero attached hydrogens (tertiary/aromatic N) is 3. The van der Waals surface area contributed by atoms with Crippen molar-refractivity contribution in [3.05, 3.63) is 76.0 Å². The first-order valence-corrected chi connectivity index (χ1v) is 8.92. The molecule has 0 radical (unpaired) electrons. The van der Waals surface area contributed by atoms with Gasteiger partial charge in [-0.25, -0.2) is 0 Å². The van der Waals surface area contributed by atoms with Crippen LogP contribution in [0.5, 0.6) is 0 Å². The van der Waals surface area contributed by atoms with Gasteiger partial charge in [-0.2, -0.15) is 0 Å². The Kier molecular flexibility index (Phi) is 4.69. The van der Waals surface area contributed by atoms with Gasteiger partial charge in [-0.05, 0) is 17.2 Å². The first-order valence-electron chi connectivity index (χ1n) is 8.92. The Hall–Kier alpha value is -2.70. The van der Waals surface area contributed by atoms with Crippen LogP contribution >= 0.6 is 0 Å². The predicted molar refractivity (Wildman–Crippen MR) is 102 cm³/mol. The molecule has 2 aromatic carbocycles. The van der Waals surface area contributed by atoms with Crippen molar-refractivity contribution in [1.29, 1.82) is 0 Å². The molecular weight excluding hydrogens is 328 g/mol. The number of piperazine rings is 1. The molecule has 0 amide bonds. The summed E-state index contributed by atoms with van der Waals surface area (Å²) in [6, 6.07) is 15.6. The highest BCUT2D eigenvalue weighted by Gasteiger charge is 2.19. The smallest absolute Gasteiger partial charge is 0.270 e. The lowest BCUT2D eigenvalue weighted by Gasteiger charge is -2.34. The van der Waals surface area contributed by atoms with Crippen molar-refractivity contribution in [2.24, 2.45) is 0 Å². The second kappa shape index (κ2) is 7.27. The summed E-state index contributed by atoms with van der Waals surface area (Å²) in [5, 5.41) is 12.0. The fraction of sp³-hybridized carbons (Fsp3) is 0.300. The summed E-state index contributed by atoms with van der Waals surface area (Å²) in [5.41, 5.74) is 3.57. The van der Waals surface area contributed by atoms with E-state index in [-0.39, 0.29) is 10.6 Å². The van der Waals surface area contributed by atoms with E-state index in [0.717, 1.165) is 55.7 Å². The average Bonchev–Trinajstić information content (AvgIpc) is 3.06. The number of hydrogen-bond donors (Lipinski definition) is 1. The molecule has 1 aliphatic rings. The van der Waals surface area contributed by atoms with Gasteiger partial charge >= 0.3 is 0 Å². The second-order valence-corrected chi connectivity index (χ2v) is 6.84. The number of nitrogens with one attached hydrogen (secondary N) is 1. The van der Waals surface area contributed by atoms with E-state index in [1.54, 1.807) is 18.2 Å². The second-order valence-electron chi connectivity index (χ2n) is 6.84. The predicted octanol–water partition coefficient (Wildman–Crippen LogP) is 3.39. The molecule has 6 nitrogen and oxygen atoms in total. The van der Waals surface area contributed by atoms with Gasteiger partial charge in [0, 0.05) is 68.5 Å². The summed E-state index contributed by atoms with van der Waals surface area (Å²) in [4.78, 5) is 18.8. The molecule has 4 rings (SSSR count). The summed E-state index contributed by atoms with van der Waals surface area (Å²) >= 11 is 0. The third kappa shape index (κ3) is 3.61. The van der Waals surface area contributed by atoms with Crippen LogP contribution in [0.25, 0.3) is 10.9 Å². The van der Waals surface area contributed by atoms with Crippen LogP contribution in [-0.4, -0.2) is 45.9 Å². The Morgan fingerprint density at radius 2 is 1.65 bits per heavy atom. The number of hydrogen-bond acceptors (Lipinski definition) is 4. The van der Waals surface area contributed by atoms with Crippen molar-refractivity contribution >= 4 is 16.6 Å². The van der Waals surface area contributed by atoms with Gasteiger partial charge < -0.3 is 4.98 Å². The van der Waals surface area contributed by atoms with E-state index in [9.17, 15) is 10.1 Å². The molecule has 0 aliphatic carbocycles. The van der Waals surface area contributed by atoms with E-state index in [1.165, 1.54) is 5.56 Å². The van der Waals surface area contributed by atoms with Gasteiger partial charge in [-0.15, -0.1) is 0 Å². The van der Waals surface area contributed by atoms with Crippen molar-refractivity contribution in [3.8, 4) is 0 Å². The lowest BCUT2D eigenvalue weighted by atomic mass is 10.1. The third-order valence-electron chi connectivity index (χ3n) is 5.07. The Bertz CT molecular complexity index is 899. The highest BCUT2D eigenvalue weighted by molar-refractivity contribution is 5.85. The van der Waals surface area contributed by atoms with Gasteiger partial charge in [0.05, 0.1) is 4.92 Å². The molecular formula is C20H22N4O2. The fourth-order valence-electron chi connectivity index (χ4n) is 3.60. The highest BCUT2D eigenvalue weighted by Crippen LogP contribution is 2.25. The monoisotopic (exact) mass is 350 g/mol. The van der Waals surface area contributed by atoms with Crippen LogP contribution in [0, 0.1) is 10.1 Å². The Balaban J connectivity index is 1.39. The zero-order valence-corrected chi connectivity index (χ0v) is 14.6. The minimum absolute atomic E-state index is 0.144. The zero-order valence-electron chi connectivity index (χ0n) is 14.6. The summed E-state index contributed by atoms with van der Waals surface area (Å²) in [6.07, 6.45) is 1.98. The first kappa shape index (κ1) is 16.8. The van der Waals surface area contributed by atoms with Crippen LogP contribution in [-0.2, 0) is 13.1 Å². The average molecular weight is 350 g/mol. The number of benzene rings is 2. The molecule has 0 saturated carbocycles. The first-order chi connectivity index (χ1) is 12.7. The minimum Gasteiger partial charge on any atom is -0.361 e. The van der Waals surface area contributed by atoms with Crippen LogP contribution in [0.1, 0.15) is 11.1 Å². The van der Waals surface area contributed by atoms with E-state index in [1.807, 2.05) is 12.3 Å². The lowest BCUT2D eigenvalue weighted by molar-refractivity contribution is -0.384. The normalized spacial score (nSPS) is 16.2. The summed E-state index contributed by atoms with van der Waals surface area (Å²) in [5.74, 6) is 0. The van der Waals surface area contributed by atoms with Crippen LogP contribution in [0.4, 0.5) is 5.69 Å². The Morgan fingerprint density at radius 3 is 2.35 bits per heavy atom. The molecule has 1 fully saturated rings. The fourth-order valence-corrected chi connectivity index (χ4v) is 3.60. The maximum absolute atomic E-state index is 11.0. The lowest BCUT2D eigenvalue weighted by Crippen LogP contribution is -2.45. The molecule has 134 valence electrons. The molecule has 26 heavy (non-hydrogen) atoms. The maximum Gasteiger partial charge on any atom is 0.270 e. The standard InChI is InChI=1S/C20H22N4O2/c25-24(26)18-6-7-20-19(12-18)17(13-21-20)15-23-10-8-22(9-11-23)14-16-4-2-1-3-5-16/h1-7,12-13,21H,8-11,14-15H2. The number of non-ortho nitro benzene ring substituents is 1. The van der Waals surface area contributed by atoms with Gasteiger partial charge in [-0.3, -0.25) is 19.9 Å². The highest BCUT2D eigenvalue weighted by atomic mass is 16.6. The van der Waals surface area contributed by atoms with E-state index in [4.69, 9.17) is 0 Å². The van der Waals surface area contributed by atoms with Gasteiger partial charge in [0.1, 0.15) is 0 Å². The SMILES string of the molecule is O=[N+]([O-])c1ccc2[nH]cc(CN3CCN(Cc4ccccc4)CC3)c2c1. The van der Waals surface area contributed by atoms with E-state index in [0.29, 0.717) is 0 Å². The van der Waals surface area contributed by atoms with Crippen molar-refractivity contribution < 1.29 is 4.92 Å². The molecule has 0 spiro atoms. The molecule has 6 heteroatoms. The summed E-state index contributed by atoms with van der Waals surface area (Å²) in [7, 11) is 0. The maximum atomic E-state index is 11.0. The largest absolute Gasteiger partial charge is 0.361 e. The minimum atomic E-state index is -0.335. The third-order valence-corrected chi connectivity index (χ3v) is 5.07. The van der Waals surface area contributed by atoms with Gasteiger partial charge in [0.2, 0.25) is 0 Å². The zero-order chi connectivity index (χ0) is 17.9. The summed E-state index contributed by atoms with van der Waals surface area (Å²) < 4.78 is 0. The molecule has 0 atom stereocenters. The van der Waals surface area contributed by atoms with Gasteiger partial charge in [0.15, 0.2) is 0 Å². The number of aromatic amines is 1. The number of nitro benzene ring substituents is 1. The number of fused-ring (bicyclic) bond motifs is 1. The van der Waals surface area contributed by atoms with Crippen LogP contribution in [0.3, 0.4) is 0 Å². The number of rotatable bonds is 5. The number of aromatic nitrogens is 1. The van der Waals surface area contributed by atoms with E-state index in [2.05, 4.69) is 39.0 Å². The molecule has 1 saturated heterocycles. The van der Waals surface area contributed by atoms with Crippen LogP contribution < -0.4 is 0 Å². The number of H-pyrrole nitrogens is 1. The van der Waals surface area contributed by atoms with Gasteiger partial charge in [0.25, 0.3) is 5.69 Å². The molecule has 3 aromatic rings. The molecule has 2 heterocycles. The molecule has 0 bridgehead atoms. The van der Waals surface area contributed by atoms with Crippen molar-refractivity contribution in [2.45, 2.75) is 13.1 Å². The van der Waals surface area contributed by atoms with Crippen LogP contribution in [0.2, 0.25) is 0 Å². The van der Waals surface area contributed by atoms with Crippen LogP contribution in [0.15, 0.2) is 54.7 Å². The Labute approximate surface area is 152 Å².